The van der Waals surface area contributed by atoms with E-state index < -0.39 is 6.10 Å². The molecule has 0 saturated carbocycles. The normalized spacial score (nSPS) is 12.0. The highest BCUT2D eigenvalue weighted by molar-refractivity contribution is 5.71. The van der Waals surface area contributed by atoms with Crippen LogP contribution in [0.3, 0.4) is 0 Å². The Hall–Kier alpha value is -1.59. The average Bonchev–Trinajstić information content (AvgIpc) is 3.23. The lowest BCUT2D eigenvalue weighted by atomic mass is 10.0. The Labute approximate surface area is 380 Å². The third kappa shape index (κ3) is 49.3. The number of esters is 3. The summed E-state index contributed by atoms with van der Waals surface area (Å²) in [6, 6.07) is 0. The maximum atomic E-state index is 12.8. The molecule has 0 N–H and O–H groups in total. The van der Waals surface area contributed by atoms with E-state index >= 15 is 0 Å². The van der Waals surface area contributed by atoms with Gasteiger partial charge in [-0.2, -0.15) is 0 Å². The van der Waals surface area contributed by atoms with Gasteiger partial charge >= 0.3 is 17.9 Å². The maximum Gasteiger partial charge on any atom is 0.306 e. The van der Waals surface area contributed by atoms with Gasteiger partial charge in [-0.25, -0.2) is 0 Å². The molecule has 0 radical (unpaired) electrons. The highest BCUT2D eigenvalue weighted by Crippen LogP contribution is 2.18. The molecule has 0 amide bonds. The molecule has 1 atom stereocenters. The third-order valence-corrected chi connectivity index (χ3v) is 12.5. The molecule has 0 aromatic rings. The Balaban J connectivity index is 4.27. The Morgan fingerprint density at radius 2 is 0.541 bits per heavy atom. The minimum absolute atomic E-state index is 0.0637. The summed E-state index contributed by atoms with van der Waals surface area (Å²) < 4.78 is 16.8. The zero-order valence-electron chi connectivity index (χ0n) is 41.8. The first-order valence-electron chi connectivity index (χ1n) is 27.2. The molecule has 0 unspecified atom stereocenters. The van der Waals surface area contributed by atoms with E-state index in [1.807, 2.05) is 0 Å². The predicted octanol–water partition coefficient (Wildman–Crippen LogP) is 17.7. The summed E-state index contributed by atoms with van der Waals surface area (Å²) in [5.74, 6) is 0.774. The molecule has 0 aliphatic rings. The summed E-state index contributed by atoms with van der Waals surface area (Å²) >= 11 is 0. The van der Waals surface area contributed by atoms with Gasteiger partial charge in [-0.05, 0) is 31.1 Å². The van der Waals surface area contributed by atoms with Crippen LogP contribution in [0.15, 0.2) is 0 Å². The number of rotatable bonds is 49. The van der Waals surface area contributed by atoms with Crippen molar-refractivity contribution < 1.29 is 28.6 Å². The molecular formula is C55H106O6. The smallest absolute Gasteiger partial charge is 0.306 e. The van der Waals surface area contributed by atoms with E-state index in [-0.39, 0.29) is 31.1 Å². The Morgan fingerprint density at radius 1 is 0.311 bits per heavy atom. The second-order valence-electron chi connectivity index (χ2n) is 19.8. The highest BCUT2D eigenvalue weighted by atomic mass is 16.6. The van der Waals surface area contributed by atoms with Crippen LogP contribution in [0.25, 0.3) is 0 Å². The standard InChI is InChI=1S/C55H106O6/c1-6-7-8-9-10-11-12-13-14-15-16-17-18-21-24-30-35-40-45-53(56)59-48-52(49-60-54(57)46-41-36-31-27-26-29-34-39-44-51(4)5)61-55(58)47-42-37-32-25-22-19-20-23-28-33-38-43-50(2)3/h50-52H,6-49H2,1-5H3/t52-/m1/s1. The summed E-state index contributed by atoms with van der Waals surface area (Å²) in [6.07, 6.45) is 49.6. The molecular weight excluding hydrogens is 757 g/mol. The zero-order valence-corrected chi connectivity index (χ0v) is 41.8. The topological polar surface area (TPSA) is 78.9 Å². The lowest BCUT2D eigenvalue weighted by molar-refractivity contribution is -0.167. The van der Waals surface area contributed by atoms with Crippen LogP contribution in [0.4, 0.5) is 0 Å². The molecule has 0 saturated heterocycles. The molecule has 0 fully saturated rings. The van der Waals surface area contributed by atoms with Gasteiger partial charge in [-0.15, -0.1) is 0 Å². The highest BCUT2D eigenvalue weighted by Gasteiger charge is 2.19. The predicted molar refractivity (Wildman–Crippen MR) is 261 cm³/mol. The first kappa shape index (κ1) is 59.4. The minimum atomic E-state index is -0.762. The largest absolute Gasteiger partial charge is 0.462 e. The van der Waals surface area contributed by atoms with Gasteiger partial charge in [0.2, 0.25) is 0 Å². The van der Waals surface area contributed by atoms with Crippen LogP contribution >= 0.6 is 0 Å². The molecule has 0 bridgehead atoms. The summed E-state index contributed by atoms with van der Waals surface area (Å²) in [7, 11) is 0. The lowest BCUT2D eigenvalue weighted by Gasteiger charge is -2.18. The monoisotopic (exact) mass is 863 g/mol. The fraction of sp³-hybridized carbons (Fsp3) is 0.945. The fourth-order valence-corrected chi connectivity index (χ4v) is 8.34. The lowest BCUT2D eigenvalue weighted by Crippen LogP contribution is -2.30. The molecule has 362 valence electrons. The molecule has 6 heteroatoms. The van der Waals surface area contributed by atoms with Crippen molar-refractivity contribution in [3.8, 4) is 0 Å². The SMILES string of the molecule is CCCCCCCCCCCCCCCCCCCCC(=O)OC[C@H](COC(=O)CCCCCCCCCCC(C)C)OC(=O)CCCCCCCCCCCCCC(C)C. The van der Waals surface area contributed by atoms with E-state index in [4.69, 9.17) is 14.2 Å². The van der Waals surface area contributed by atoms with Crippen LogP contribution < -0.4 is 0 Å². The quantitative estimate of drug-likeness (QED) is 0.0344. The van der Waals surface area contributed by atoms with Crippen LogP contribution in [-0.2, 0) is 28.6 Å². The van der Waals surface area contributed by atoms with Gasteiger partial charge < -0.3 is 14.2 Å². The Bertz CT molecular complexity index is 931. The van der Waals surface area contributed by atoms with Crippen LogP contribution in [-0.4, -0.2) is 37.2 Å². The molecule has 0 aliphatic heterocycles. The van der Waals surface area contributed by atoms with Gasteiger partial charge in [-0.3, -0.25) is 14.4 Å². The van der Waals surface area contributed by atoms with Crippen molar-refractivity contribution >= 4 is 17.9 Å². The molecule has 0 rings (SSSR count). The average molecular weight is 863 g/mol. The zero-order chi connectivity index (χ0) is 44.7. The van der Waals surface area contributed by atoms with E-state index in [0.29, 0.717) is 19.3 Å². The van der Waals surface area contributed by atoms with E-state index in [9.17, 15) is 14.4 Å². The molecule has 0 spiro atoms. The molecule has 0 aromatic heterocycles. The molecule has 0 heterocycles. The van der Waals surface area contributed by atoms with Crippen molar-refractivity contribution in [1.82, 2.24) is 0 Å². The second-order valence-corrected chi connectivity index (χ2v) is 19.8. The molecule has 0 aliphatic carbocycles. The number of hydrogen-bond donors (Lipinski definition) is 0. The van der Waals surface area contributed by atoms with E-state index in [1.165, 1.54) is 193 Å². The number of ether oxygens (including phenoxy) is 3. The Kier molecular flexibility index (Phi) is 46.6. The molecule has 61 heavy (non-hydrogen) atoms. The van der Waals surface area contributed by atoms with Crippen molar-refractivity contribution in [1.29, 1.82) is 0 Å². The van der Waals surface area contributed by atoms with Gasteiger partial charge in [0.25, 0.3) is 0 Å². The van der Waals surface area contributed by atoms with E-state index in [1.54, 1.807) is 0 Å². The van der Waals surface area contributed by atoms with Crippen molar-refractivity contribution in [2.24, 2.45) is 11.8 Å². The summed E-state index contributed by atoms with van der Waals surface area (Å²) in [6.45, 7) is 11.4. The van der Waals surface area contributed by atoms with E-state index in [2.05, 4.69) is 34.6 Å². The maximum absolute atomic E-state index is 12.8. The van der Waals surface area contributed by atoms with E-state index in [0.717, 1.165) is 69.6 Å². The van der Waals surface area contributed by atoms with Gasteiger partial charge in [-0.1, -0.05) is 266 Å². The number of carbonyl (C=O) groups excluding carboxylic acids is 3. The van der Waals surface area contributed by atoms with Crippen molar-refractivity contribution in [2.45, 2.75) is 310 Å². The first-order valence-corrected chi connectivity index (χ1v) is 27.2. The molecule has 0 aromatic carbocycles. The fourth-order valence-electron chi connectivity index (χ4n) is 8.34. The van der Waals surface area contributed by atoms with Crippen molar-refractivity contribution in [3.63, 3.8) is 0 Å². The molecule has 6 nitrogen and oxygen atoms in total. The summed E-state index contributed by atoms with van der Waals surface area (Å²) in [4.78, 5) is 38.0. The Morgan fingerprint density at radius 3 is 0.803 bits per heavy atom. The first-order chi connectivity index (χ1) is 29.7. The van der Waals surface area contributed by atoms with Gasteiger partial charge in [0.1, 0.15) is 13.2 Å². The number of carbonyl (C=O) groups is 3. The summed E-state index contributed by atoms with van der Waals surface area (Å²) in [5.41, 5.74) is 0. The van der Waals surface area contributed by atoms with Crippen LogP contribution in [0.1, 0.15) is 304 Å². The number of hydrogen-bond acceptors (Lipinski definition) is 6. The van der Waals surface area contributed by atoms with Gasteiger partial charge in [0.15, 0.2) is 6.10 Å². The summed E-state index contributed by atoms with van der Waals surface area (Å²) in [5, 5.41) is 0. The van der Waals surface area contributed by atoms with Crippen LogP contribution in [0.2, 0.25) is 0 Å². The van der Waals surface area contributed by atoms with Gasteiger partial charge in [0, 0.05) is 19.3 Å². The van der Waals surface area contributed by atoms with Crippen LogP contribution in [0, 0.1) is 11.8 Å². The van der Waals surface area contributed by atoms with Crippen molar-refractivity contribution in [3.05, 3.63) is 0 Å². The van der Waals surface area contributed by atoms with Crippen LogP contribution in [0.5, 0.6) is 0 Å². The van der Waals surface area contributed by atoms with Crippen molar-refractivity contribution in [2.75, 3.05) is 13.2 Å². The minimum Gasteiger partial charge on any atom is -0.462 e. The number of unbranched alkanes of at least 4 members (excludes halogenated alkanes) is 34. The second kappa shape index (κ2) is 47.9. The third-order valence-electron chi connectivity index (χ3n) is 12.5. The van der Waals surface area contributed by atoms with Gasteiger partial charge in [0.05, 0.1) is 0 Å².